The van der Waals surface area contributed by atoms with Crippen molar-refractivity contribution in [1.82, 2.24) is 4.72 Å². The highest BCUT2D eigenvalue weighted by Crippen LogP contribution is 2.28. The van der Waals surface area contributed by atoms with Crippen LogP contribution in [0.15, 0.2) is 56.7 Å². The second kappa shape index (κ2) is 7.45. The van der Waals surface area contributed by atoms with Crippen LogP contribution in [0.25, 0.3) is 0 Å². The number of hydrogen-bond donors (Lipinski definition) is 1. The van der Waals surface area contributed by atoms with Crippen LogP contribution in [-0.4, -0.2) is 30.2 Å². The quantitative estimate of drug-likeness (QED) is 0.734. The lowest BCUT2D eigenvalue weighted by molar-refractivity contribution is 0.402. The van der Waals surface area contributed by atoms with Gasteiger partial charge in [-0.25, -0.2) is 21.6 Å². The first kappa shape index (κ1) is 19.9. The van der Waals surface area contributed by atoms with Crippen LogP contribution in [0.3, 0.4) is 0 Å². The Morgan fingerprint density at radius 2 is 1.64 bits per heavy atom. The Balaban J connectivity index is 2.30. The summed E-state index contributed by atoms with van der Waals surface area (Å²) in [6.45, 7) is 1.68. The standard InChI is InChI=1S/C16H18BrNO5S2/c1-11(12-4-7-14(8-5-12)24(3,19)20)18-25(21,22)16-10-13(17)6-9-15(16)23-2/h4-11,18H,1-3H3. The van der Waals surface area contributed by atoms with Crippen LogP contribution in [0.4, 0.5) is 0 Å². The van der Waals surface area contributed by atoms with E-state index in [2.05, 4.69) is 20.7 Å². The minimum atomic E-state index is -3.83. The van der Waals surface area contributed by atoms with Gasteiger partial charge >= 0.3 is 0 Å². The molecule has 0 fully saturated rings. The highest BCUT2D eigenvalue weighted by Gasteiger charge is 2.23. The molecule has 0 radical (unpaired) electrons. The van der Waals surface area contributed by atoms with Gasteiger partial charge in [0, 0.05) is 16.8 Å². The average Bonchev–Trinajstić information content (AvgIpc) is 2.53. The monoisotopic (exact) mass is 447 g/mol. The highest BCUT2D eigenvalue weighted by molar-refractivity contribution is 9.10. The third kappa shape index (κ3) is 4.81. The molecule has 136 valence electrons. The van der Waals surface area contributed by atoms with Crippen molar-refractivity contribution in [3.63, 3.8) is 0 Å². The van der Waals surface area contributed by atoms with Gasteiger partial charge in [0.1, 0.15) is 10.6 Å². The van der Waals surface area contributed by atoms with E-state index in [0.29, 0.717) is 10.0 Å². The molecule has 0 amide bonds. The number of ether oxygens (including phenoxy) is 1. The molecule has 6 nitrogen and oxygen atoms in total. The zero-order chi connectivity index (χ0) is 18.8. The Hall–Kier alpha value is -1.42. The van der Waals surface area contributed by atoms with E-state index in [1.807, 2.05) is 0 Å². The summed E-state index contributed by atoms with van der Waals surface area (Å²) in [6, 6.07) is 10.2. The van der Waals surface area contributed by atoms with Gasteiger partial charge in [-0.2, -0.15) is 0 Å². The lowest BCUT2D eigenvalue weighted by atomic mass is 10.1. The van der Waals surface area contributed by atoms with Gasteiger partial charge in [0.2, 0.25) is 10.0 Å². The summed E-state index contributed by atoms with van der Waals surface area (Å²) in [4.78, 5) is 0.198. The summed E-state index contributed by atoms with van der Waals surface area (Å²) in [5.74, 6) is 0.232. The Bertz CT molecular complexity index is 970. The molecular formula is C16H18BrNO5S2. The maximum absolute atomic E-state index is 12.7. The summed E-state index contributed by atoms with van der Waals surface area (Å²) in [7, 11) is -5.73. The Morgan fingerprint density at radius 1 is 1.04 bits per heavy atom. The fourth-order valence-electron chi connectivity index (χ4n) is 2.23. The fraction of sp³-hybridized carbons (Fsp3) is 0.250. The van der Waals surface area contributed by atoms with Crippen molar-refractivity contribution in [2.45, 2.75) is 22.8 Å². The molecule has 9 heteroatoms. The van der Waals surface area contributed by atoms with Crippen molar-refractivity contribution in [3.05, 3.63) is 52.5 Å². The zero-order valence-electron chi connectivity index (χ0n) is 13.9. The number of halogens is 1. The van der Waals surface area contributed by atoms with Crippen molar-refractivity contribution in [3.8, 4) is 5.75 Å². The van der Waals surface area contributed by atoms with Gasteiger partial charge in [0.05, 0.1) is 12.0 Å². The number of benzene rings is 2. The van der Waals surface area contributed by atoms with E-state index < -0.39 is 25.9 Å². The number of rotatable bonds is 6. The largest absolute Gasteiger partial charge is 0.495 e. The Morgan fingerprint density at radius 3 is 2.16 bits per heavy atom. The maximum Gasteiger partial charge on any atom is 0.244 e. The third-order valence-electron chi connectivity index (χ3n) is 3.56. The first-order valence-corrected chi connectivity index (χ1v) is 11.4. The molecule has 2 aromatic rings. The first-order chi connectivity index (χ1) is 11.5. The van der Waals surface area contributed by atoms with Gasteiger partial charge in [0.25, 0.3) is 0 Å². The molecule has 0 heterocycles. The van der Waals surface area contributed by atoms with Crippen molar-refractivity contribution in [1.29, 1.82) is 0 Å². The van der Waals surface area contributed by atoms with Crippen LogP contribution in [0.5, 0.6) is 5.75 Å². The molecule has 1 unspecified atom stereocenters. The zero-order valence-corrected chi connectivity index (χ0v) is 17.1. The number of hydrogen-bond acceptors (Lipinski definition) is 5. The summed E-state index contributed by atoms with van der Waals surface area (Å²) in [5.41, 5.74) is 0.643. The molecule has 0 aliphatic heterocycles. The van der Waals surface area contributed by atoms with Gasteiger partial charge in [0.15, 0.2) is 9.84 Å². The van der Waals surface area contributed by atoms with Crippen LogP contribution in [0.1, 0.15) is 18.5 Å². The maximum atomic E-state index is 12.7. The molecule has 2 aromatic carbocycles. The molecule has 25 heavy (non-hydrogen) atoms. The molecule has 0 aromatic heterocycles. The van der Waals surface area contributed by atoms with Gasteiger partial charge in [-0.1, -0.05) is 28.1 Å². The van der Waals surface area contributed by atoms with E-state index in [9.17, 15) is 16.8 Å². The highest BCUT2D eigenvalue weighted by atomic mass is 79.9. The van der Waals surface area contributed by atoms with Crippen molar-refractivity contribution >= 4 is 35.8 Å². The molecular weight excluding hydrogens is 430 g/mol. The third-order valence-corrected chi connectivity index (χ3v) is 6.74. The number of methoxy groups -OCH3 is 1. The summed E-state index contributed by atoms with van der Waals surface area (Å²) >= 11 is 3.25. The van der Waals surface area contributed by atoms with E-state index in [1.165, 1.54) is 25.3 Å². The van der Waals surface area contributed by atoms with Crippen LogP contribution in [0.2, 0.25) is 0 Å². The topological polar surface area (TPSA) is 89.5 Å². The molecule has 0 aliphatic carbocycles. The summed E-state index contributed by atoms with van der Waals surface area (Å²) < 4.78 is 56.6. The lowest BCUT2D eigenvalue weighted by Crippen LogP contribution is -2.27. The van der Waals surface area contributed by atoms with E-state index in [1.54, 1.807) is 31.2 Å². The van der Waals surface area contributed by atoms with Gasteiger partial charge in [-0.3, -0.25) is 0 Å². The molecule has 0 bridgehead atoms. The molecule has 0 saturated heterocycles. The Labute approximate surface area is 156 Å². The SMILES string of the molecule is COc1ccc(Br)cc1S(=O)(=O)NC(C)c1ccc(S(C)(=O)=O)cc1. The van der Waals surface area contributed by atoms with Crippen LogP contribution >= 0.6 is 15.9 Å². The van der Waals surface area contributed by atoms with Gasteiger partial charge in [-0.15, -0.1) is 0 Å². The molecule has 1 N–H and O–H groups in total. The van der Waals surface area contributed by atoms with Gasteiger partial charge in [-0.05, 0) is 42.8 Å². The van der Waals surface area contributed by atoms with E-state index in [4.69, 9.17) is 4.74 Å². The fourth-order valence-corrected chi connectivity index (χ4v) is 4.80. The second-order valence-electron chi connectivity index (χ2n) is 5.48. The molecule has 0 spiro atoms. The normalized spacial score (nSPS) is 13.4. The van der Waals surface area contributed by atoms with E-state index in [-0.39, 0.29) is 15.5 Å². The van der Waals surface area contributed by atoms with E-state index in [0.717, 1.165) is 6.26 Å². The minimum Gasteiger partial charge on any atom is -0.495 e. The van der Waals surface area contributed by atoms with Crippen molar-refractivity contribution in [2.24, 2.45) is 0 Å². The molecule has 1 atom stereocenters. The molecule has 0 aliphatic rings. The number of sulfone groups is 1. The minimum absolute atomic E-state index is 0.0176. The predicted octanol–water partition coefficient (Wildman–Crippen LogP) is 2.90. The van der Waals surface area contributed by atoms with Gasteiger partial charge < -0.3 is 4.74 Å². The van der Waals surface area contributed by atoms with Crippen molar-refractivity contribution in [2.75, 3.05) is 13.4 Å². The van der Waals surface area contributed by atoms with Crippen LogP contribution in [0, 0.1) is 0 Å². The summed E-state index contributed by atoms with van der Waals surface area (Å²) in [6.07, 6.45) is 1.12. The smallest absolute Gasteiger partial charge is 0.244 e. The Kier molecular flexibility index (Phi) is 5.93. The average molecular weight is 448 g/mol. The number of nitrogens with one attached hydrogen (secondary N) is 1. The van der Waals surface area contributed by atoms with Crippen LogP contribution in [-0.2, 0) is 19.9 Å². The second-order valence-corrected chi connectivity index (χ2v) is 10.1. The van der Waals surface area contributed by atoms with E-state index >= 15 is 0 Å². The predicted molar refractivity (Wildman–Crippen MR) is 99.0 cm³/mol. The van der Waals surface area contributed by atoms with Crippen molar-refractivity contribution < 1.29 is 21.6 Å². The first-order valence-electron chi connectivity index (χ1n) is 7.20. The molecule has 0 saturated carbocycles. The van der Waals surface area contributed by atoms with Crippen LogP contribution < -0.4 is 9.46 Å². The lowest BCUT2D eigenvalue weighted by Gasteiger charge is -2.17. The molecule has 2 rings (SSSR count). The summed E-state index contributed by atoms with van der Waals surface area (Å²) in [5, 5.41) is 0. The number of sulfonamides is 1.